The average Bonchev–Trinajstić information content (AvgIpc) is 3.14. The van der Waals surface area contributed by atoms with Crippen LogP contribution in [0.25, 0.3) is 0 Å². The van der Waals surface area contributed by atoms with E-state index in [0.29, 0.717) is 18.9 Å². The molecule has 2 saturated heterocycles. The lowest BCUT2D eigenvalue weighted by Crippen LogP contribution is -2.51. The Morgan fingerprint density at radius 3 is 2.85 bits per heavy atom. The van der Waals surface area contributed by atoms with Crippen molar-refractivity contribution < 1.29 is 4.79 Å². The highest BCUT2D eigenvalue weighted by Gasteiger charge is 2.42. The molecular weight excluding hydrogens is 473 g/mol. The zero-order valence-corrected chi connectivity index (χ0v) is 19.9. The summed E-state index contributed by atoms with van der Waals surface area (Å²) in [6.45, 7) is 12.7. The van der Waals surface area contributed by atoms with Gasteiger partial charge in [-0.25, -0.2) is 9.98 Å². The van der Waals surface area contributed by atoms with Crippen LogP contribution in [-0.4, -0.2) is 47.9 Å². The molecule has 0 saturated carbocycles. The lowest BCUT2D eigenvalue weighted by atomic mass is 9.79. The number of piperidine rings is 1. The van der Waals surface area contributed by atoms with Crippen molar-refractivity contribution in [1.82, 2.24) is 20.5 Å². The van der Waals surface area contributed by atoms with E-state index in [0.717, 1.165) is 50.0 Å². The second kappa shape index (κ2) is 9.54. The van der Waals surface area contributed by atoms with Crippen LogP contribution in [0, 0.1) is 12.3 Å². The van der Waals surface area contributed by atoms with Crippen LogP contribution in [0.1, 0.15) is 61.5 Å². The number of thiazole rings is 1. The van der Waals surface area contributed by atoms with Gasteiger partial charge in [-0.1, -0.05) is 13.8 Å². The number of nitrogens with zero attached hydrogens (tertiary/aromatic N) is 3. The first kappa shape index (κ1) is 22.4. The fourth-order valence-electron chi connectivity index (χ4n) is 4.07. The van der Waals surface area contributed by atoms with E-state index in [1.54, 1.807) is 11.3 Å². The molecule has 3 heterocycles. The predicted molar refractivity (Wildman–Crippen MR) is 122 cm³/mol. The quantitative estimate of drug-likeness (QED) is 0.375. The summed E-state index contributed by atoms with van der Waals surface area (Å²) in [4.78, 5) is 25.0. The smallest absolute Gasteiger partial charge is 0.220 e. The molecule has 1 atom stereocenters. The third-order valence-corrected chi connectivity index (χ3v) is 6.25. The van der Waals surface area contributed by atoms with Crippen LogP contribution < -0.4 is 10.6 Å². The van der Waals surface area contributed by atoms with Gasteiger partial charge in [0.25, 0.3) is 0 Å². The molecule has 1 amide bonds. The number of hydrogen-bond donors (Lipinski definition) is 2. The maximum atomic E-state index is 11.7. The van der Waals surface area contributed by atoms with E-state index in [4.69, 9.17) is 9.98 Å². The lowest BCUT2D eigenvalue weighted by Gasteiger charge is -2.40. The van der Waals surface area contributed by atoms with Crippen LogP contribution in [0.2, 0.25) is 0 Å². The summed E-state index contributed by atoms with van der Waals surface area (Å²) in [6.07, 6.45) is 2.87. The number of aromatic nitrogens is 1. The molecule has 1 aromatic rings. The number of rotatable bonds is 4. The summed E-state index contributed by atoms with van der Waals surface area (Å²) < 4.78 is 0. The lowest BCUT2D eigenvalue weighted by molar-refractivity contribution is -0.119. The monoisotopic (exact) mass is 505 g/mol. The second-order valence-corrected chi connectivity index (χ2v) is 9.14. The molecule has 1 spiro atoms. The third-order valence-electron chi connectivity index (χ3n) is 5.28. The standard InChI is InChI=1S/C19H31N5OS.HI/c1-5-20-18(21-10-16-23-17(13(2)3)14(4)26-16)24-8-6-7-19(12-24)9-15(25)22-11-19;/h13H,5-12H2,1-4H3,(H,20,21)(H,22,25);1H. The summed E-state index contributed by atoms with van der Waals surface area (Å²) in [5.41, 5.74) is 1.27. The summed E-state index contributed by atoms with van der Waals surface area (Å²) in [5.74, 6) is 1.59. The van der Waals surface area contributed by atoms with Gasteiger partial charge in [0, 0.05) is 42.9 Å². The Morgan fingerprint density at radius 1 is 1.48 bits per heavy atom. The number of guanidine groups is 1. The second-order valence-electron chi connectivity index (χ2n) is 7.85. The highest BCUT2D eigenvalue weighted by Crippen LogP contribution is 2.36. The van der Waals surface area contributed by atoms with Crippen LogP contribution in [-0.2, 0) is 11.3 Å². The topological polar surface area (TPSA) is 69.6 Å². The first-order chi connectivity index (χ1) is 12.4. The minimum absolute atomic E-state index is 0. The fourth-order valence-corrected chi connectivity index (χ4v) is 5.08. The molecule has 1 aromatic heterocycles. The number of hydrogen-bond acceptors (Lipinski definition) is 4. The van der Waals surface area contributed by atoms with Gasteiger partial charge in [-0.3, -0.25) is 4.79 Å². The Bertz CT molecular complexity index is 690. The van der Waals surface area contributed by atoms with E-state index >= 15 is 0 Å². The van der Waals surface area contributed by atoms with Crippen molar-refractivity contribution in [2.24, 2.45) is 10.4 Å². The van der Waals surface area contributed by atoms with Crippen LogP contribution in [0.15, 0.2) is 4.99 Å². The zero-order valence-electron chi connectivity index (χ0n) is 16.8. The molecular formula is C19H32IN5OS. The number of halogens is 1. The Hall–Kier alpha value is -0.900. The van der Waals surface area contributed by atoms with Gasteiger partial charge in [-0.2, -0.15) is 0 Å². The van der Waals surface area contributed by atoms with Gasteiger partial charge in [0.05, 0.1) is 12.2 Å². The highest BCUT2D eigenvalue weighted by molar-refractivity contribution is 14.0. The first-order valence-electron chi connectivity index (χ1n) is 9.68. The molecule has 2 aliphatic heterocycles. The molecule has 3 rings (SSSR count). The van der Waals surface area contributed by atoms with Crippen molar-refractivity contribution >= 4 is 47.2 Å². The average molecular weight is 505 g/mol. The van der Waals surface area contributed by atoms with E-state index < -0.39 is 0 Å². The number of nitrogens with one attached hydrogen (secondary N) is 2. The highest BCUT2D eigenvalue weighted by atomic mass is 127. The van der Waals surface area contributed by atoms with Crippen LogP contribution in [0.4, 0.5) is 0 Å². The van der Waals surface area contributed by atoms with Gasteiger partial charge in [-0.15, -0.1) is 35.3 Å². The summed E-state index contributed by atoms with van der Waals surface area (Å²) in [6, 6.07) is 0. The molecule has 2 N–H and O–H groups in total. The van der Waals surface area contributed by atoms with Gasteiger partial charge < -0.3 is 15.5 Å². The summed E-state index contributed by atoms with van der Waals surface area (Å²) in [7, 11) is 0. The van der Waals surface area contributed by atoms with Gasteiger partial charge in [0.15, 0.2) is 5.96 Å². The number of amides is 1. The Labute approximate surface area is 183 Å². The third kappa shape index (κ3) is 5.34. The number of likely N-dealkylation sites (tertiary alicyclic amines) is 1. The number of aryl methyl sites for hydroxylation is 1. The first-order valence-corrected chi connectivity index (χ1v) is 10.5. The van der Waals surface area contributed by atoms with Gasteiger partial charge in [0.1, 0.15) is 5.01 Å². The van der Waals surface area contributed by atoms with Crippen molar-refractivity contribution in [3.05, 3.63) is 15.6 Å². The zero-order chi connectivity index (χ0) is 18.7. The van der Waals surface area contributed by atoms with Gasteiger partial charge in [-0.05, 0) is 32.6 Å². The van der Waals surface area contributed by atoms with E-state index in [2.05, 4.69) is 43.2 Å². The predicted octanol–water partition coefficient (Wildman–Crippen LogP) is 3.26. The van der Waals surface area contributed by atoms with E-state index in [-0.39, 0.29) is 35.3 Å². The van der Waals surface area contributed by atoms with Crippen LogP contribution >= 0.6 is 35.3 Å². The van der Waals surface area contributed by atoms with Crippen molar-refractivity contribution in [3.63, 3.8) is 0 Å². The maximum Gasteiger partial charge on any atom is 0.220 e. The largest absolute Gasteiger partial charge is 0.357 e. The molecule has 2 aliphatic rings. The number of carbonyl (C=O) groups excluding carboxylic acids is 1. The van der Waals surface area contributed by atoms with Crippen molar-refractivity contribution in [2.75, 3.05) is 26.2 Å². The summed E-state index contributed by atoms with van der Waals surface area (Å²) >= 11 is 1.75. The summed E-state index contributed by atoms with van der Waals surface area (Å²) in [5, 5.41) is 7.52. The maximum absolute atomic E-state index is 11.7. The van der Waals surface area contributed by atoms with Crippen molar-refractivity contribution in [3.8, 4) is 0 Å². The Balaban J connectivity index is 0.00000261. The molecule has 152 valence electrons. The SMILES string of the molecule is CCNC(=NCc1nc(C(C)C)c(C)s1)N1CCCC2(CNC(=O)C2)C1.I. The van der Waals surface area contributed by atoms with E-state index in [1.165, 1.54) is 10.6 Å². The van der Waals surface area contributed by atoms with Gasteiger partial charge in [0.2, 0.25) is 5.91 Å². The molecule has 0 bridgehead atoms. The van der Waals surface area contributed by atoms with Crippen molar-refractivity contribution in [2.45, 2.75) is 59.4 Å². The molecule has 0 aromatic carbocycles. The Morgan fingerprint density at radius 2 is 2.26 bits per heavy atom. The minimum Gasteiger partial charge on any atom is -0.357 e. The van der Waals surface area contributed by atoms with Crippen LogP contribution in [0.5, 0.6) is 0 Å². The molecule has 8 heteroatoms. The van der Waals surface area contributed by atoms with Crippen molar-refractivity contribution in [1.29, 1.82) is 0 Å². The number of carbonyl (C=O) groups is 1. The Kier molecular flexibility index (Phi) is 7.91. The molecule has 6 nitrogen and oxygen atoms in total. The minimum atomic E-state index is 0. The molecule has 0 radical (unpaired) electrons. The van der Waals surface area contributed by atoms with Crippen LogP contribution in [0.3, 0.4) is 0 Å². The van der Waals surface area contributed by atoms with Gasteiger partial charge >= 0.3 is 0 Å². The number of aliphatic imine (C=N–C) groups is 1. The molecule has 1 unspecified atom stereocenters. The molecule has 2 fully saturated rings. The van der Waals surface area contributed by atoms with E-state index in [1.807, 2.05) is 0 Å². The normalized spacial score (nSPS) is 22.9. The van der Waals surface area contributed by atoms with E-state index in [9.17, 15) is 4.79 Å². The molecule has 0 aliphatic carbocycles. The fraction of sp³-hybridized carbons (Fsp3) is 0.737. The molecule has 27 heavy (non-hydrogen) atoms.